The molecule has 0 unspecified atom stereocenters. The lowest BCUT2D eigenvalue weighted by Crippen LogP contribution is -2.40. The van der Waals surface area contributed by atoms with E-state index in [0.717, 1.165) is 18.7 Å². The van der Waals surface area contributed by atoms with E-state index < -0.39 is 5.97 Å². The third-order valence-corrected chi connectivity index (χ3v) is 4.42. The minimum Gasteiger partial charge on any atom is -0.497 e. The van der Waals surface area contributed by atoms with Gasteiger partial charge in [-0.25, -0.2) is 4.79 Å². The van der Waals surface area contributed by atoms with Crippen LogP contribution in [0.25, 0.3) is 0 Å². The zero-order valence-corrected chi connectivity index (χ0v) is 14.8. The summed E-state index contributed by atoms with van der Waals surface area (Å²) in [6, 6.07) is 14.1. The molecule has 1 saturated heterocycles. The predicted molar refractivity (Wildman–Crippen MR) is 98.5 cm³/mol. The number of rotatable bonds is 4. The Morgan fingerprint density at radius 2 is 1.76 bits per heavy atom. The number of esters is 1. The maximum Gasteiger partial charge on any atom is 0.343 e. The lowest BCUT2D eigenvalue weighted by atomic mass is 10.1. The molecule has 0 aliphatic carbocycles. The standard InChI is InChI=1S/C19H19NO4S/c1-22-15-8-6-14(7-9-15)19(21)24-17-5-3-2-4-16(17)18(25)20-10-12-23-13-11-20/h2-9H,10-13H2,1H3. The van der Waals surface area contributed by atoms with E-state index in [2.05, 4.69) is 4.90 Å². The van der Waals surface area contributed by atoms with Crippen LogP contribution in [0.1, 0.15) is 15.9 Å². The monoisotopic (exact) mass is 357 g/mol. The third-order valence-electron chi connectivity index (χ3n) is 3.94. The molecule has 130 valence electrons. The summed E-state index contributed by atoms with van der Waals surface area (Å²) in [7, 11) is 1.58. The van der Waals surface area contributed by atoms with Crippen LogP contribution in [0.15, 0.2) is 48.5 Å². The molecule has 1 aliphatic rings. The second-order valence-electron chi connectivity index (χ2n) is 5.52. The Kier molecular flexibility index (Phi) is 5.63. The first-order chi connectivity index (χ1) is 12.2. The van der Waals surface area contributed by atoms with Crippen LogP contribution in [0.4, 0.5) is 0 Å². The number of ether oxygens (including phenoxy) is 3. The van der Waals surface area contributed by atoms with E-state index >= 15 is 0 Å². The Bertz CT molecular complexity index is 754. The molecule has 0 spiro atoms. The molecule has 1 aliphatic heterocycles. The van der Waals surface area contributed by atoms with Crippen LogP contribution < -0.4 is 9.47 Å². The van der Waals surface area contributed by atoms with Gasteiger partial charge in [-0.05, 0) is 36.4 Å². The summed E-state index contributed by atoms with van der Waals surface area (Å²) in [6.45, 7) is 2.76. The van der Waals surface area contributed by atoms with Gasteiger partial charge in [0.05, 0.1) is 31.5 Å². The molecule has 3 rings (SSSR count). The van der Waals surface area contributed by atoms with Gasteiger partial charge in [-0.3, -0.25) is 0 Å². The Hall–Kier alpha value is -2.44. The summed E-state index contributed by atoms with van der Waals surface area (Å²) in [5.41, 5.74) is 1.19. The number of hydrogen-bond donors (Lipinski definition) is 0. The van der Waals surface area contributed by atoms with Gasteiger partial charge in [-0.1, -0.05) is 24.4 Å². The van der Waals surface area contributed by atoms with Gasteiger partial charge in [0, 0.05) is 13.1 Å². The molecule has 0 aromatic heterocycles. The second-order valence-corrected chi connectivity index (χ2v) is 5.91. The highest BCUT2D eigenvalue weighted by Crippen LogP contribution is 2.23. The van der Waals surface area contributed by atoms with E-state index in [1.54, 1.807) is 37.4 Å². The predicted octanol–water partition coefficient (Wildman–Crippen LogP) is 2.92. The van der Waals surface area contributed by atoms with Gasteiger partial charge < -0.3 is 19.1 Å². The van der Waals surface area contributed by atoms with Crippen LogP contribution in [0.2, 0.25) is 0 Å². The largest absolute Gasteiger partial charge is 0.497 e. The summed E-state index contributed by atoms with van der Waals surface area (Å²) in [4.78, 5) is 15.2. The fourth-order valence-electron chi connectivity index (χ4n) is 2.56. The zero-order chi connectivity index (χ0) is 17.6. The molecule has 0 bridgehead atoms. The fraction of sp³-hybridized carbons (Fsp3) is 0.263. The topological polar surface area (TPSA) is 48.0 Å². The van der Waals surface area contributed by atoms with Crippen molar-refractivity contribution in [1.29, 1.82) is 0 Å². The van der Waals surface area contributed by atoms with Crippen molar-refractivity contribution in [2.45, 2.75) is 0 Å². The Labute approximate surface area is 152 Å². The van der Waals surface area contributed by atoms with E-state index in [1.165, 1.54) is 0 Å². The van der Waals surface area contributed by atoms with Gasteiger partial charge in [0.15, 0.2) is 0 Å². The van der Waals surface area contributed by atoms with E-state index in [1.807, 2.05) is 18.2 Å². The normalized spacial score (nSPS) is 14.0. The van der Waals surface area contributed by atoms with Crippen molar-refractivity contribution in [3.05, 3.63) is 59.7 Å². The maximum absolute atomic E-state index is 12.4. The molecule has 0 atom stereocenters. The minimum absolute atomic E-state index is 0.431. The van der Waals surface area contributed by atoms with Crippen LogP contribution in [-0.2, 0) is 4.74 Å². The van der Waals surface area contributed by atoms with Gasteiger partial charge in [0.2, 0.25) is 0 Å². The molecule has 0 saturated carbocycles. The zero-order valence-electron chi connectivity index (χ0n) is 13.9. The Balaban J connectivity index is 1.77. The van der Waals surface area contributed by atoms with Crippen molar-refractivity contribution >= 4 is 23.2 Å². The number of morpholine rings is 1. The minimum atomic E-state index is -0.431. The molecule has 6 heteroatoms. The van der Waals surface area contributed by atoms with Crippen molar-refractivity contribution in [3.63, 3.8) is 0 Å². The van der Waals surface area contributed by atoms with Gasteiger partial charge in [-0.15, -0.1) is 0 Å². The van der Waals surface area contributed by atoms with Crippen LogP contribution in [0, 0.1) is 0 Å². The number of nitrogens with zero attached hydrogens (tertiary/aromatic N) is 1. The molecular formula is C19H19NO4S. The summed E-state index contributed by atoms with van der Waals surface area (Å²) in [5, 5.41) is 0. The number of methoxy groups -OCH3 is 1. The number of benzene rings is 2. The summed E-state index contributed by atoms with van der Waals surface area (Å²) >= 11 is 5.59. The smallest absolute Gasteiger partial charge is 0.343 e. The lowest BCUT2D eigenvalue weighted by Gasteiger charge is -2.29. The van der Waals surface area contributed by atoms with Gasteiger partial charge in [-0.2, -0.15) is 0 Å². The fourth-order valence-corrected chi connectivity index (χ4v) is 2.91. The first kappa shape index (κ1) is 17.4. The number of carbonyl (C=O) groups is 1. The molecule has 5 nitrogen and oxygen atoms in total. The molecule has 0 N–H and O–H groups in total. The van der Waals surface area contributed by atoms with Crippen LogP contribution in [0.3, 0.4) is 0 Å². The first-order valence-corrected chi connectivity index (χ1v) is 8.42. The molecule has 1 fully saturated rings. The average Bonchev–Trinajstić information content (AvgIpc) is 2.68. The molecule has 0 amide bonds. The number of hydrogen-bond acceptors (Lipinski definition) is 5. The highest BCUT2D eigenvalue weighted by atomic mass is 32.1. The molecule has 0 radical (unpaired) electrons. The highest BCUT2D eigenvalue weighted by Gasteiger charge is 2.19. The Morgan fingerprint density at radius 1 is 1.08 bits per heavy atom. The van der Waals surface area contributed by atoms with Crippen molar-refractivity contribution in [3.8, 4) is 11.5 Å². The lowest BCUT2D eigenvalue weighted by molar-refractivity contribution is 0.0687. The van der Waals surface area contributed by atoms with Gasteiger partial charge >= 0.3 is 5.97 Å². The summed E-state index contributed by atoms with van der Waals surface area (Å²) < 4.78 is 16.1. The van der Waals surface area contributed by atoms with Crippen LogP contribution >= 0.6 is 12.2 Å². The second kappa shape index (κ2) is 8.09. The van der Waals surface area contributed by atoms with Crippen LogP contribution in [0.5, 0.6) is 11.5 Å². The van der Waals surface area contributed by atoms with Crippen molar-refractivity contribution in [1.82, 2.24) is 4.90 Å². The van der Waals surface area contributed by atoms with E-state index in [0.29, 0.717) is 35.3 Å². The molecule has 2 aromatic rings. The van der Waals surface area contributed by atoms with Crippen LogP contribution in [-0.4, -0.2) is 49.3 Å². The molecule has 25 heavy (non-hydrogen) atoms. The van der Waals surface area contributed by atoms with Gasteiger partial charge in [0.1, 0.15) is 16.5 Å². The summed E-state index contributed by atoms with van der Waals surface area (Å²) in [5.74, 6) is 0.713. The number of thiocarbonyl (C=S) groups is 1. The molecular weight excluding hydrogens is 338 g/mol. The quantitative estimate of drug-likeness (QED) is 0.476. The van der Waals surface area contributed by atoms with Gasteiger partial charge in [0.25, 0.3) is 0 Å². The maximum atomic E-state index is 12.4. The van der Waals surface area contributed by atoms with Crippen molar-refractivity contribution in [2.75, 3.05) is 33.4 Å². The van der Waals surface area contributed by atoms with E-state index in [-0.39, 0.29) is 0 Å². The SMILES string of the molecule is COc1ccc(C(=O)Oc2ccccc2C(=S)N2CCOCC2)cc1. The van der Waals surface area contributed by atoms with Crippen molar-refractivity contribution < 1.29 is 19.0 Å². The summed E-state index contributed by atoms with van der Waals surface area (Å²) in [6.07, 6.45) is 0. The molecule has 1 heterocycles. The average molecular weight is 357 g/mol. The van der Waals surface area contributed by atoms with E-state index in [9.17, 15) is 4.79 Å². The van der Waals surface area contributed by atoms with Crippen molar-refractivity contribution in [2.24, 2.45) is 0 Å². The third kappa shape index (κ3) is 4.15. The Morgan fingerprint density at radius 3 is 2.44 bits per heavy atom. The highest BCUT2D eigenvalue weighted by molar-refractivity contribution is 7.80. The number of carbonyl (C=O) groups excluding carboxylic acids is 1. The molecule has 2 aromatic carbocycles. The number of para-hydroxylation sites is 1. The first-order valence-electron chi connectivity index (χ1n) is 8.01. The van der Waals surface area contributed by atoms with E-state index in [4.69, 9.17) is 26.4 Å².